The summed E-state index contributed by atoms with van der Waals surface area (Å²) in [5, 5.41) is 2.76. The molecule has 0 atom stereocenters. The highest BCUT2D eigenvalue weighted by atomic mass is 19.1. The first-order chi connectivity index (χ1) is 14.5. The summed E-state index contributed by atoms with van der Waals surface area (Å²) in [5.41, 5.74) is 5.19. The number of aryl methyl sites for hydroxylation is 2. The lowest BCUT2D eigenvalue weighted by molar-refractivity contribution is -0.125. The van der Waals surface area contributed by atoms with Crippen molar-refractivity contribution in [3.05, 3.63) is 76.3 Å². The number of carbonyl (C=O) groups is 2. The molecule has 2 aliphatic heterocycles. The molecule has 2 amide bonds. The van der Waals surface area contributed by atoms with Crippen molar-refractivity contribution in [2.24, 2.45) is 0 Å². The minimum atomic E-state index is -0.212. The number of halogens is 1. The summed E-state index contributed by atoms with van der Waals surface area (Å²) in [5.74, 6) is 0.353. The van der Waals surface area contributed by atoms with Crippen molar-refractivity contribution < 1.29 is 14.0 Å². The molecule has 2 aromatic rings. The van der Waals surface area contributed by atoms with Gasteiger partial charge in [0.1, 0.15) is 11.6 Å². The Kier molecular flexibility index (Phi) is 5.74. The molecule has 0 aliphatic carbocycles. The first kappa shape index (κ1) is 20.0. The molecule has 0 saturated heterocycles. The number of pyridine rings is 1. The van der Waals surface area contributed by atoms with Gasteiger partial charge in [-0.15, -0.1) is 0 Å². The number of benzene rings is 1. The van der Waals surface area contributed by atoms with Gasteiger partial charge in [-0.3, -0.25) is 9.59 Å². The number of hydrogen-bond donors (Lipinski definition) is 1. The van der Waals surface area contributed by atoms with Gasteiger partial charge in [-0.25, -0.2) is 9.37 Å². The monoisotopic (exact) mass is 405 g/mol. The normalized spacial score (nSPS) is 16.3. The quantitative estimate of drug-likeness (QED) is 0.621. The van der Waals surface area contributed by atoms with E-state index in [-0.39, 0.29) is 17.6 Å². The van der Waals surface area contributed by atoms with E-state index in [1.54, 1.807) is 24.4 Å². The van der Waals surface area contributed by atoms with Gasteiger partial charge in [-0.05, 0) is 72.7 Å². The van der Waals surface area contributed by atoms with E-state index in [0.717, 1.165) is 35.1 Å². The third-order valence-electron chi connectivity index (χ3n) is 5.62. The number of fused-ring (bicyclic) bond motifs is 1. The van der Waals surface area contributed by atoms with Gasteiger partial charge in [0, 0.05) is 31.8 Å². The highest BCUT2D eigenvalue weighted by Crippen LogP contribution is 2.22. The number of anilines is 1. The lowest BCUT2D eigenvalue weighted by Gasteiger charge is -2.26. The number of aromatic nitrogens is 1. The average Bonchev–Trinajstić information content (AvgIpc) is 2.74. The van der Waals surface area contributed by atoms with Crippen LogP contribution >= 0.6 is 0 Å². The van der Waals surface area contributed by atoms with Crippen LogP contribution in [0.2, 0.25) is 0 Å². The Morgan fingerprint density at radius 1 is 1.27 bits per heavy atom. The molecule has 1 aromatic carbocycles. The van der Waals surface area contributed by atoms with Crippen molar-refractivity contribution in [2.45, 2.75) is 32.6 Å². The zero-order valence-corrected chi connectivity index (χ0v) is 17.0. The van der Waals surface area contributed by atoms with Crippen LogP contribution in [0.3, 0.4) is 0 Å². The highest BCUT2D eigenvalue weighted by Gasteiger charge is 2.17. The molecule has 0 spiro atoms. The van der Waals surface area contributed by atoms with E-state index in [4.69, 9.17) is 0 Å². The summed E-state index contributed by atoms with van der Waals surface area (Å²) in [6.45, 7) is 3.17. The van der Waals surface area contributed by atoms with Crippen LogP contribution < -0.4 is 5.32 Å². The van der Waals surface area contributed by atoms with E-state index >= 15 is 0 Å². The minimum absolute atomic E-state index is 0.0134. The van der Waals surface area contributed by atoms with Crippen LogP contribution in [-0.2, 0) is 22.4 Å². The molecule has 0 bridgehead atoms. The first-order valence-electron chi connectivity index (χ1n) is 10.2. The standard InChI is InChI=1S/C24H24FN3O2/c1-16-12-21(25)5-3-19(16)13-17-8-10-28(11-9-17)23(30)7-2-18-14-20-4-6-22(29)27-24(20)26-15-18/h2-3,5,7-8,12,14-15H,4,6,9-11,13H2,1H3,(H,26,27,29). The Morgan fingerprint density at radius 3 is 2.90 bits per heavy atom. The number of hydrogen-bond acceptors (Lipinski definition) is 3. The van der Waals surface area contributed by atoms with E-state index in [0.29, 0.717) is 31.7 Å². The largest absolute Gasteiger partial charge is 0.335 e. The van der Waals surface area contributed by atoms with E-state index in [1.807, 2.05) is 24.0 Å². The second kappa shape index (κ2) is 8.61. The molecule has 4 rings (SSSR count). The Bertz CT molecular complexity index is 1060. The van der Waals surface area contributed by atoms with Crippen molar-refractivity contribution in [1.82, 2.24) is 9.88 Å². The zero-order chi connectivity index (χ0) is 21.1. The van der Waals surface area contributed by atoms with Gasteiger partial charge in [0.15, 0.2) is 0 Å². The maximum atomic E-state index is 13.3. The van der Waals surface area contributed by atoms with Gasteiger partial charge in [-0.2, -0.15) is 0 Å². The highest BCUT2D eigenvalue weighted by molar-refractivity contribution is 5.94. The Hall–Kier alpha value is -3.28. The molecule has 3 heterocycles. The molecule has 30 heavy (non-hydrogen) atoms. The molecule has 1 N–H and O–H groups in total. The fourth-order valence-electron chi connectivity index (χ4n) is 3.81. The molecule has 154 valence electrons. The molecule has 1 aromatic heterocycles. The number of nitrogens with one attached hydrogen (secondary N) is 1. The van der Waals surface area contributed by atoms with Gasteiger partial charge in [-0.1, -0.05) is 17.7 Å². The molecule has 5 nitrogen and oxygen atoms in total. The van der Waals surface area contributed by atoms with Crippen molar-refractivity contribution in [3.63, 3.8) is 0 Å². The first-order valence-corrected chi connectivity index (χ1v) is 10.2. The molecular weight excluding hydrogens is 381 g/mol. The van der Waals surface area contributed by atoms with Gasteiger partial charge in [0.05, 0.1) is 0 Å². The SMILES string of the molecule is Cc1cc(F)ccc1CC1=CCN(C(=O)C=Cc2cnc3c(c2)CCC(=O)N3)CC1. The van der Waals surface area contributed by atoms with Crippen molar-refractivity contribution >= 4 is 23.7 Å². The van der Waals surface area contributed by atoms with Crippen molar-refractivity contribution in [1.29, 1.82) is 0 Å². The Labute approximate surface area is 175 Å². The average molecular weight is 405 g/mol. The van der Waals surface area contributed by atoms with Gasteiger partial charge >= 0.3 is 0 Å². The van der Waals surface area contributed by atoms with Gasteiger partial charge in [0.2, 0.25) is 11.8 Å². The number of rotatable bonds is 4. The number of carbonyl (C=O) groups excluding carboxylic acids is 2. The van der Waals surface area contributed by atoms with E-state index in [2.05, 4.69) is 16.4 Å². The molecule has 2 aliphatic rings. The maximum Gasteiger partial charge on any atom is 0.246 e. The van der Waals surface area contributed by atoms with Crippen LogP contribution in [0, 0.1) is 12.7 Å². The second-order valence-electron chi connectivity index (χ2n) is 7.80. The topological polar surface area (TPSA) is 62.3 Å². The Morgan fingerprint density at radius 2 is 2.13 bits per heavy atom. The summed E-state index contributed by atoms with van der Waals surface area (Å²) >= 11 is 0. The summed E-state index contributed by atoms with van der Waals surface area (Å²) in [6, 6.07) is 6.85. The van der Waals surface area contributed by atoms with Crippen LogP contribution in [-0.4, -0.2) is 34.8 Å². The molecule has 0 radical (unpaired) electrons. The molecule has 0 unspecified atom stereocenters. The molecule has 0 saturated carbocycles. The second-order valence-corrected chi connectivity index (χ2v) is 7.80. The van der Waals surface area contributed by atoms with Crippen LogP contribution in [0.1, 0.15) is 35.1 Å². The lowest BCUT2D eigenvalue weighted by Crippen LogP contribution is -2.33. The number of amides is 2. The summed E-state index contributed by atoms with van der Waals surface area (Å²) in [4.78, 5) is 30.1. The molecule has 6 heteroatoms. The maximum absolute atomic E-state index is 13.3. The van der Waals surface area contributed by atoms with Crippen LogP contribution in [0.4, 0.5) is 10.2 Å². The third kappa shape index (κ3) is 4.64. The minimum Gasteiger partial charge on any atom is -0.335 e. The number of nitrogens with zero attached hydrogens (tertiary/aromatic N) is 2. The van der Waals surface area contributed by atoms with Gasteiger partial charge in [0.25, 0.3) is 0 Å². The van der Waals surface area contributed by atoms with Crippen LogP contribution in [0.25, 0.3) is 6.08 Å². The van der Waals surface area contributed by atoms with Crippen molar-refractivity contribution in [3.8, 4) is 0 Å². The Balaban J connectivity index is 1.35. The van der Waals surface area contributed by atoms with Crippen molar-refractivity contribution in [2.75, 3.05) is 18.4 Å². The summed E-state index contributed by atoms with van der Waals surface area (Å²) in [6.07, 6.45) is 9.84. The van der Waals surface area contributed by atoms with Crippen LogP contribution in [0.15, 0.2) is 48.2 Å². The molecular formula is C24H24FN3O2. The lowest BCUT2D eigenvalue weighted by atomic mass is 9.96. The van der Waals surface area contributed by atoms with Crippen LogP contribution in [0.5, 0.6) is 0 Å². The molecule has 0 fully saturated rings. The predicted octanol–water partition coefficient (Wildman–Crippen LogP) is 3.83. The predicted molar refractivity (Wildman–Crippen MR) is 114 cm³/mol. The fraction of sp³-hybridized carbons (Fsp3) is 0.292. The van der Waals surface area contributed by atoms with E-state index < -0.39 is 0 Å². The smallest absolute Gasteiger partial charge is 0.246 e. The van der Waals surface area contributed by atoms with E-state index in [9.17, 15) is 14.0 Å². The van der Waals surface area contributed by atoms with Gasteiger partial charge < -0.3 is 10.2 Å². The third-order valence-corrected chi connectivity index (χ3v) is 5.62. The zero-order valence-electron chi connectivity index (χ0n) is 17.0. The summed E-state index contributed by atoms with van der Waals surface area (Å²) in [7, 11) is 0. The summed E-state index contributed by atoms with van der Waals surface area (Å²) < 4.78 is 13.3. The fourth-order valence-corrected chi connectivity index (χ4v) is 3.81. The van der Waals surface area contributed by atoms with E-state index in [1.165, 1.54) is 11.6 Å².